The van der Waals surface area contributed by atoms with Crippen LogP contribution in [0.4, 0.5) is 0 Å². The molecular formula is C13H14N2O3. The molecule has 0 spiro atoms. The smallest absolute Gasteiger partial charge is 0.159 e. The Balaban J connectivity index is 2.41. The van der Waals surface area contributed by atoms with Crippen molar-refractivity contribution in [3.05, 3.63) is 36.2 Å². The summed E-state index contributed by atoms with van der Waals surface area (Å²) >= 11 is 0. The molecule has 0 radical (unpaired) electrons. The summed E-state index contributed by atoms with van der Waals surface area (Å²) in [5, 5.41) is 8.94. The van der Waals surface area contributed by atoms with Crippen LogP contribution in [-0.4, -0.2) is 29.3 Å². The Morgan fingerprint density at radius 3 is 2.00 bits per heavy atom. The number of nitrogens with zero attached hydrogens (tertiary/aromatic N) is 2. The Morgan fingerprint density at radius 1 is 1.00 bits per heavy atom. The quantitative estimate of drug-likeness (QED) is 0.888. The van der Waals surface area contributed by atoms with Gasteiger partial charge in [-0.1, -0.05) is 0 Å². The van der Waals surface area contributed by atoms with Crippen LogP contribution in [0.5, 0.6) is 11.5 Å². The van der Waals surface area contributed by atoms with Crippen molar-refractivity contribution in [2.24, 2.45) is 0 Å². The Kier molecular flexibility index (Phi) is 3.74. The van der Waals surface area contributed by atoms with Gasteiger partial charge in [-0.25, -0.2) is 9.97 Å². The van der Waals surface area contributed by atoms with Gasteiger partial charge in [0.25, 0.3) is 0 Å². The first kappa shape index (κ1) is 12.3. The highest BCUT2D eigenvalue weighted by atomic mass is 16.5. The zero-order valence-electron chi connectivity index (χ0n) is 10.3. The molecule has 5 nitrogen and oxygen atoms in total. The van der Waals surface area contributed by atoms with E-state index >= 15 is 0 Å². The predicted molar refractivity (Wildman–Crippen MR) is 66.5 cm³/mol. The molecule has 1 aromatic carbocycles. The van der Waals surface area contributed by atoms with Crippen LogP contribution < -0.4 is 9.47 Å². The van der Waals surface area contributed by atoms with E-state index in [4.69, 9.17) is 14.6 Å². The maximum absolute atomic E-state index is 8.94. The number of rotatable bonds is 4. The first-order valence-electron chi connectivity index (χ1n) is 5.42. The van der Waals surface area contributed by atoms with Crippen molar-refractivity contribution in [2.45, 2.75) is 6.61 Å². The van der Waals surface area contributed by atoms with Gasteiger partial charge in [0.1, 0.15) is 11.5 Å². The zero-order chi connectivity index (χ0) is 13.0. The molecule has 5 heteroatoms. The fourth-order valence-electron chi connectivity index (χ4n) is 1.52. The van der Waals surface area contributed by atoms with Gasteiger partial charge in [-0.05, 0) is 12.1 Å². The average molecular weight is 246 g/mol. The van der Waals surface area contributed by atoms with Crippen LogP contribution in [0, 0.1) is 0 Å². The number of aliphatic hydroxyl groups excluding tert-OH is 1. The third kappa shape index (κ3) is 2.57. The summed E-state index contributed by atoms with van der Waals surface area (Å²) in [4.78, 5) is 8.38. The number of aromatic nitrogens is 2. The van der Waals surface area contributed by atoms with E-state index < -0.39 is 0 Å². The Bertz CT molecular complexity index is 504. The fraction of sp³-hybridized carbons (Fsp3) is 0.231. The fourth-order valence-corrected chi connectivity index (χ4v) is 1.52. The number of benzene rings is 1. The number of hydrogen-bond acceptors (Lipinski definition) is 5. The molecule has 0 amide bonds. The Hall–Kier alpha value is -2.14. The van der Waals surface area contributed by atoms with E-state index in [1.54, 1.807) is 32.7 Å². The molecule has 0 aliphatic heterocycles. The van der Waals surface area contributed by atoms with Crippen molar-refractivity contribution in [3.63, 3.8) is 0 Å². The van der Waals surface area contributed by atoms with Crippen molar-refractivity contribution < 1.29 is 14.6 Å². The van der Waals surface area contributed by atoms with Crippen molar-refractivity contribution in [2.75, 3.05) is 14.2 Å². The second-order valence-corrected chi connectivity index (χ2v) is 3.67. The lowest BCUT2D eigenvalue weighted by Crippen LogP contribution is -1.94. The van der Waals surface area contributed by atoms with Crippen LogP contribution in [0.25, 0.3) is 11.4 Å². The van der Waals surface area contributed by atoms with Crippen LogP contribution in [-0.2, 0) is 6.61 Å². The second kappa shape index (κ2) is 5.46. The largest absolute Gasteiger partial charge is 0.497 e. The number of methoxy groups -OCH3 is 2. The molecule has 0 bridgehead atoms. The molecule has 0 aliphatic carbocycles. The molecular weight excluding hydrogens is 232 g/mol. The number of hydrogen-bond donors (Lipinski definition) is 1. The lowest BCUT2D eigenvalue weighted by molar-refractivity contribution is 0.281. The normalized spacial score (nSPS) is 10.2. The van der Waals surface area contributed by atoms with Crippen LogP contribution in [0.3, 0.4) is 0 Å². The molecule has 1 aromatic heterocycles. The van der Waals surface area contributed by atoms with E-state index in [9.17, 15) is 0 Å². The van der Waals surface area contributed by atoms with Crippen molar-refractivity contribution in [1.82, 2.24) is 9.97 Å². The molecule has 1 N–H and O–H groups in total. The maximum atomic E-state index is 8.94. The van der Waals surface area contributed by atoms with Gasteiger partial charge in [0.05, 0.1) is 20.8 Å². The summed E-state index contributed by atoms with van der Waals surface area (Å²) in [6, 6.07) is 5.44. The topological polar surface area (TPSA) is 64.5 Å². The van der Waals surface area contributed by atoms with E-state index in [1.165, 1.54) is 0 Å². The first-order chi connectivity index (χ1) is 8.76. The minimum atomic E-state index is -0.0677. The van der Waals surface area contributed by atoms with Gasteiger partial charge < -0.3 is 14.6 Å². The van der Waals surface area contributed by atoms with Gasteiger partial charge in [-0.3, -0.25) is 0 Å². The molecule has 1 heterocycles. The van der Waals surface area contributed by atoms with Gasteiger partial charge >= 0.3 is 0 Å². The van der Waals surface area contributed by atoms with Gasteiger partial charge in [0, 0.05) is 29.6 Å². The van der Waals surface area contributed by atoms with Crippen LogP contribution in [0.15, 0.2) is 30.6 Å². The second-order valence-electron chi connectivity index (χ2n) is 3.67. The van der Waals surface area contributed by atoms with Gasteiger partial charge in [0.2, 0.25) is 0 Å². The molecule has 18 heavy (non-hydrogen) atoms. The van der Waals surface area contributed by atoms with E-state index in [0.29, 0.717) is 22.9 Å². The highest BCUT2D eigenvalue weighted by Crippen LogP contribution is 2.27. The first-order valence-corrected chi connectivity index (χ1v) is 5.42. The summed E-state index contributed by atoms with van der Waals surface area (Å²) in [6.45, 7) is -0.0677. The molecule has 0 saturated heterocycles. The van der Waals surface area contributed by atoms with Crippen LogP contribution >= 0.6 is 0 Å². The van der Waals surface area contributed by atoms with E-state index in [-0.39, 0.29) is 6.61 Å². The Labute approximate surface area is 105 Å². The molecule has 0 fully saturated rings. The molecule has 2 aromatic rings. The molecule has 0 unspecified atom stereocenters. The maximum Gasteiger partial charge on any atom is 0.159 e. The highest BCUT2D eigenvalue weighted by molar-refractivity contribution is 5.60. The Morgan fingerprint density at radius 2 is 1.56 bits per heavy atom. The molecule has 0 saturated carbocycles. The summed E-state index contributed by atoms with van der Waals surface area (Å²) < 4.78 is 10.4. The summed E-state index contributed by atoms with van der Waals surface area (Å²) in [5.41, 5.74) is 1.48. The molecule has 0 atom stereocenters. The summed E-state index contributed by atoms with van der Waals surface area (Å²) in [6.07, 6.45) is 3.18. The number of ether oxygens (including phenoxy) is 2. The third-order valence-electron chi connectivity index (χ3n) is 2.50. The molecule has 94 valence electrons. The lowest BCUT2D eigenvalue weighted by atomic mass is 10.2. The van der Waals surface area contributed by atoms with Crippen molar-refractivity contribution >= 4 is 0 Å². The molecule has 2 rings (SSSR count). The number of aliphatic hydroxyl groups is 1. The van der Waals surface area contributed by atoms with E-state index in [1.807, 2.05) is 12.1 Å². The SMILES string of the molecule is COc1cc(OC)cc(-c2ncc(CO)cn2)c1. The monoisotopic (exact) mass is 246 g/mol. The van der Waals surface area contributed by atoms with E-state index in [2.05, 4.69) is 9.97 Å². The minimum absolute atomic E-state index is 0.0677. The van der Waals surface area contributed by atoms with Gasteiger partial charge in [0.15, 0.2) is 5.82 Å². The average Bonchev–Trinajstić information content (AvgIpc) is 2.46. The lowest BCUT2D eigenvalue weighted by Gasteiger charge is -2.07. The van der Waals surface area contributed by atoms with Gasteiger partial charge in [-0.2, -0.15) is 0 Å². The highest BCUT2D eigenvalue weighted by Gasteiger charge is 2.06. The minimum Gasteiger partial charge on any atom is -0.497 e. The standard InChI is InChI=1S/C13H14N2O3/c1-17-11-3-10(4-12(5-11)18-2)13-14-6-9(8-16)7-15-13/h3-7,16H,8H2,1-2H3. The third-order valence-corrected chi connectivity index (χ3v) is 2.50. The van der Waals surface area contributed by atoms with Crippen LogP contribution in [0.1, 0.15) is 5.56 Å². The van der Waals surface area contributed by atoms with Crippen LogP contribution in [0.2, 0.25) is 0 Å². The predicted octanol–water partition coefficient (Wildman–Crippen LogP) is 1.65. The van der Waals surface area contributed by atoms with E-state index in [0.717, 1.165) is 5.56 Å². The summed E-state index contributed by atoms with van der Waals surface area (Å²) in [7, 11) is 3.18. The zero-order valence-corrected chi connectivity index (χ0v) is 10.3. The summed E-state index contributed by atoms with van der Waals surface area (Å²) in [5.74, 6) is 1.92. The molecule has 0 aliphatic rings. The van der Waals surface area contributed by atoms with Crippen molar-refractivity contribution in [1.29, 1.82) is 0 Å². The van der Waals surface area contributed by atoms with Crippen molar-refractivity contribution in [3.8, 4) is 22.9 Å². The van der Waals surface area contributed by atoms with Gasteiger partial charge in [-0.15, -0.1) is 0 Å².